The molecule has 1 saturated heterocycles. The van der Waals surface area contributed by atoms with Crippen molar-refractivity contribution >= 4 is 5.91 Å². The van der Waals surface area contributed by atoms with Crippen LogP contribution in [-0.2, 0) is 4.79 Å². The molecule has 0 atom stereocenters. The van der Waals surface area contributed by atoms with E-state index in [9.17, 15) is 4.79 Å². The van der Waals surface area contributed by atoms with E-state index in [0.717, 1.165) is 31.5 Å². The minimum atomic E-state index is 0.323. The smallest absolute Gasteiger partial charge is 0.237 e. The quantitative estimate of drug-likeness (QED) is 0.781. The van der Waals surface area contributed by atoms with Crippen molar-refractivity contribution < 1.29 is 4.79 Å². The average Bonchev–Trinajstić information content (AvgIpc) is 2.39. The Labute approximate surface area is 118 Å². The maximum atomic E-state index is 12.1. The second-order valence-corrected chi connectivity index (χ2v) is 6.71. The maximum absolute atomic E-state index is 12.1. The summed E-state index contributed by atoms with van der Waals surface area (Å²) >= 11 is 0. The highest BCUT2D eigenvalue weighted by Crippen LogP contribution is 2.31. The van der Waals surface area contributed by atoms with E-state index < -0.39 is 0 Å². The molecule has 0 N–H and O–H groups in total. The van der Waals surface area contributed by atoms with E-state index >= 15 is 0 Å². The number of carbonyl (C=O) groups is 1. The van der Waals surface area contributed by atoms with Crippen molar-refractivity contribution in [1.29, 1.82) is 0 Å². The number of nitrogens with zero attached hydrogens (tertiary/aromatic N) is 2. The third-order valence-corrected chi connectivity index (χ3v) is 5.02. The van der Waals surface area contributed by atoms with E-state index in [0.29, 0.717) is 18.5 Å². The first-order chi connectivity index (χ1) is 9.10. The average molecular weight is 266 g/mol. The molecule has 1 saturated carbocycles. The fourth-order valence-electron chi connectivity index (χ4n) is 3.62. The summed E-state index contributed by atoms with van der Waals surface area (Å²) in [6.45, 7) is 10.3. The van der Waals surface area contributed by atoms with Gasteiger partial charge in [0.15, 0.2) is 0 Å². The molecule has 0 spiro atoms. The lowest BCUT2D eigenvalue weighted by Crippen LogP contribution is -2.53. The van der Waals surface area contributed by atoms with Crippen molar-refractivity contribution in [2.75, 3.05) is 26.2 Å². The molecule has 0 radical (unpaired) electrons. The minimum absolute atomic E-state index is 0.323. The van der Waals surface area contributed by atoms with E-state index in [1.54, 1.807) is 0 Å². The van der Waals surface area contributed by atoms with E-state index in [2.05, 4.69) is 25.7 Å². The van der Waals surface area contributed by atoms with Crippen molar-refractivity contribution in [3.8, 4) is 0 Å². The van der Waals surface area contributed by atoms with E-state index in [-0.39, 0.29) is 0 Å². The molecule has 2 rings (SSSR count). The summed E-state index contributed by atoms with van der Waals surface area (Å²) in [5.74, 6) is 2.13. The molecule has 0 aromatic heterocycles. The molecule has 3 heteroatoms. The highest BCUT2D eigenvalue weighted by atomic mass is 16.2. The largest absolute Gasteiger partial charge is 0.338 e. The molecule has 19 heavy (non-hydrogen) atoms. The Bertz CT molecular complexity index is 295. The summed E-state index contributed by atoms with van der Waals surface area (Å²) in [5, 5.41) is 0. The van der Waals surface area contributed by atoms with Crippen LogP contribution >= 0.6 is 0 Å². The van der Waals surface area contributed by atoms with Gasteiger partial charge in [0.25, 0.3) is 0 Å². The van der Waals surface area contributed by atoms with Crippen LogP contribution in [0.5, 0.6) is 0 Å². The Kier molecular flexibility index (Phi) is 5.26. The van der Waals surface area contributed by atoms with Crippen LogP contribution in [-0.4, -0.2) is 47.9 Å². The molecule has 0 aromatic rings. The lowest BCUT2D eigenvalue weighted by molar-refractivity contribution is -0.138. The summed E-state index contributed by atoms with van der Waals surface area (Å²) in [6.07, 6.45) is 6.90. The molecule has 2 aliphatic rings. The predicted octanol–water partition coefficient (Wildman–Crippen LogP) is 2.76. The van der Waals surface area contributed by atoms with Crippen LogP contribution in [0.25, 0.3) is 0 Å². The number of amides is 1. The van der Waals surface area contributed by atoms with Gasteiger partial charge in [-0.25, -0.2) is 0 Å². The molecular weight excluding hydrogens is 236 g/mol. The maximum Gasteiger partial charge on any atom is 0.237 e. The van der Waals surface area contributed by atoms with Crippen molar-refractivity contribution in [3.63, 3.8) is 0 Å². The van der Waals surface area contributed by atoms with Crippen LogP contribution in [0.3, 0.4) is 0 Å². The molecule has 1 aliphatic heterocycles. The summed E-state index contributed by atoms with van der Waals surface area (Å²) < 4.78 is 0. The van der Waals surface area contributed by atoms with Gasteiger partial charge >= 0.3 is 0 Å². The Morgan fingerprint density at radius 3 is 2.26 bits per heavy atom. The Morgan fingerprint density at radius 1 is 1.11 bits per heavy atom. The Hall–Kier alpha value is -0.570. The number of hydrogen-bond acceptors (Lipinski definition) is 2. The zero-order chi connectivity index (χ0) is 13.8. The molecule has 0 aromatic carbocycles. The molecule has 1 amide bonds. The molecule has 0 bridgehead atoms. The lowest BCUT2D eigenvalue weighted by Gasteiger charge is -2.39. The van der Waals surface area contributed by atoms with Gasteiger partial charge in [-0.05, 0) is 38.5 Å². The number of hydrogen-bond donors (Lipinski definition) is 0. The second-order valence-electron chi connectivity index (χ2n) is 6.71. The standard InChI is InChI=1S/C16H30N2O/c1-4-14-5-7-15(8-6-14)11-17-9-10-18(13(2)3)16(19)12-17/h13-15H,4-12H2,1-3H3. The molecular formula is C16H30N2O. The fraction of sp³-hybridized carbons (Fsp3) is 0.938. The van der Waals surface area contributed by atoms with E-state index in [4.69, 9.17) is 0 Å². The number of carbonyl (C=O) groups excluding carboxylic acids is 1. The van der Waals surface area contributed by atoms with Gasteiger partial charge in [0.05, 0.1) is 6.54 Å². The van der Waals surface area contributed by atoms with Crippen LogP contribution in [0, 0.1) is 11.8 Å². The van der Waals surface area contributed by atoms with Gasteiger partial charge in [-0.3, -0.25) is 9.69 Å². The lowest BCUT2D eigenvalue weighted by atomic mass is 9.80. The van der Waals surface area contributed by atoms with E-state index in [1.807, 2.05) is 4.90 Å². The second kappa shape index (κ2) is 6.74. The summed E-state index contributed by atoms with van der Waals surface area (Å²) in [5.41, 5.74) is 0. The highest BCUT2D eigenvalue weighted by Gasteiger charge is 2.28. The SMILES string of the molecule is CCC1CCC(CN2CCN(C(C)C)C(=O)C2)CC1. The van der Waals surface area contributed by atoms with Crippen LogP contribution in [0.4, 0.5) is 0 Å². The topological polar surface area (TPSA) is 23.6 Å². The Balaban J connectivity index is 1.75. The third-order valence-electron chi connectivity index (χ3n) is 5.02. The van der Waals surface area contributed by atoms with Gasteiger partial charge in [0.1, 0.15) is 0 Å². The summed E-state index contributed by atoms with van der Waals surface area (Å²) in [6, 6.07) is 0.356. The number of piperazine rings is 1. The molecule has 110 valence electrons. The normalized spacial score (nSPS) is 30.1. The van der Waals surface area contributed by atoms with Crippen LogP contribution < -0.4 is 0 Å². The Morgan fingerprint density at radius 2 is 1.74 bits per heavy atom. The van der Waals surface area contributed by atoms with Crippen LogP contribution in [0.2, 0.25) is 0 Å². The first-order valence-corrected chi connectivity index (χ1v) is 8.12. The molecule has 1 heterocycles. The first-order valence-electron chi connectivity index (χ1n) is 8.12. The molecule has 1 aliphatic carbocycles. The predicted molar refractivity (Wildman–Crippen MR) is 79.0 cm³/mol. The monoisotopic (exact) mass is 266 g/mol. The summed E-state index contributed by atoms with van der Waals surface area (Å²) in [4.78, 5) is 16.5. The molecule has 2 fully saturated rings. The highest BCUT2D eigenvalue weighted by molar-refractivity contribution is 5.79. The van der Waals surface area contributed by atoms with Gasteiger partial charge in [0.2, 0.25) is 5.91 Å². The van der Waals surface area contributed by atoms with Crippen LogP contribution in [0.1, 0.15) is 52.9 Å². The van der Waals surface area contributed by atoms with Gasteiger partial charge in [0, 0.05) is 25.7 Å². The van der Waals surface area contributed by atoms with Crippen LogP contribution in [0.15, 0.2) is 0 Å². The van der Waals surface area contributed by atoms with Gasteiger partial charge in [-0.1, -0.05) is 26.2 Å². The summed E-state index contributed by atoms with van der Waals surface area (Å²) in [7, 11) is 0. The number of rotatable bonds is 4. The van der Waals surface area contributed by atoms with Crippen molar-refractivity contribution in [3.05, 3.63) is 0 Å². The van der Waals surface area contributed by atoms with Crippen molar-refractivity contribution in [1.82, 2.24) is 9.80 Å². The van der Waals surface area contributed by atoms with Crippen molar-refractivity contribution in [2.45, 2.75) is 58.9 Å². The third kappa shape index (κ3) is 3.95. The van der Waals surface area contributed by atoms with Gasteiger partial charge in [-0.15, -0.1) is 0 Å². The first kappa shape index (κ1) is 14.8. The van der Waals surface area contributed by atoms with E-state index in [1.165, 1.54) is 32.1 Å². The zero-order valence-electron chi connectivity index (χ0n) is 12.9. The fourth-order valence-corrected chi connectivity index (χ4v) is 3.62. The van der Waals surface area contributed by atoms with Gasteiger partial charge in [-0.2, -0.15) is 0 Å². The molecule has 3 nitrogen and oxygen atoms in total. The van der Waals surface area contributed by atoms with Gasteiger partial charge < -0.3 is 4.90 Å². The zero-order valence-corrected chi connectivity index (χ0v) is 12.9. The molecule has 0 unspecified atom stereocenters. The minimum Gasteiger partial charge on any atom is -0.338 e. The van der Waals surface area contributed by atoms with Crippen molar-refractivity contribution in [2.24, 2.45) is 11.8 Å².